The van der Waals surface area contributed by atoms with Gasteiger partial charge in [0.15, 0.2) is 5.92 Å². The van der Waals surface area contributed by atoms with E-state index in [1.165, 1.54) is 6.08 Å². The fraction of sp³-hybridized carbons (Fsp3) is 0.556. The van der Waals surface area contributed by atoms with Crippen molar-refractivity contribution in [1.29, 1.82) is 0 Å². The number of carbonyl (C=O) groups excluding carboxylic acids is 2. The van der Waals surface area contributed by atoms with E-state index >= 15 is 0 Å². The smallest absolute Gasteiger partial charge is 0.324 e. The fourth-order valence-electron chi connectivity index (χ4n) is 0.829. The molecule has 0 saturated carbocycles. The average Bonchev–Trinajstić information content (AvgIpc) is 2.14. The van der Waals surface area contributed by atoms with Gasteiger partial charge in [-0.3, -0.25) is 9.59 Å². The topological polar surface area (TPSA) is 78.6 Å². The first-order valence-corrected chi connectivity index (χ1v) is 4.39. The minimum absolute atomic E-state index is 0.215. The molecule has 0 unspecified atom stereocenters. The number of carbonyl (C=O) groups is 2. The van der Waals surface area contributed by atoms with Gasteiger partial charge in [-0.05, 0) is 26.1 Å². The normalized spacial score (nSPS) is 10.5. The summed E-state index contributed by atoms with van der Waals surface area (Å²) < 4.78 is 9.35. The second-order valence-corrected chi connectivity index (χ2v) is 2.37. The van der Waals surface area contributed by atoms with Crippen LogP contribution >= 0.6 is 0 Å². The van der Waals surface area contributed by atoms with Gasteiger partial charge in [-0.15, -0.1) is 0 Å². The van der Waals surface area contributed by atoms with E-state index in [1.54, 1.807) is 13.8 Å². The van der Waals surface area contributed by atoms with Gasteiger partial charge < -0.3 is 15.2 Å². The van der Waals surface area contributed by atoms with Gasteiger partial charge in [0, 0.05) is 0 Å². The second kappa shape index (κ2) is 6.94. The summed E-state index contributed by atoms with van der Waals surface area (Å²) in [6, 6.07) is 0. The number of rotatable bonds is 5. The minimum atomic E-state index is -1.06. The number of nitrogens with two attached hydrogens (primary N) is 1. The molecule has 5 nitrogen and oxygen atoms in total. The van der Waals surface area contributed by atoms with E-state index < -0.39 is 17.9 Å². The summed E-state index contributed by atoms with van der Waals surface area (Å²) in [6.45, 7) is 3.75. The highest BCUT2D eigenvalue weighted by molar-refractivity contribution is 5.96. The van der Waals surface area contributed by atoms with Gasteiger partial charge in [-0.25, -0.2) is 0 Å². The van der Waals surface area contributed by atoms with E-state index in [0.29, 0.717) is 0 Å². The van der Waals surface area contributed by atoms with Crippen molar-refractivity contribution in [1.82, 2.24) is 0 Å². The van der Waals surface area contributed by atoms with E-state index in [1.807, 2.05) is 0 Å². The first-order chi connectivity index (χ1) is 6.67. The van der Waals surface area contributed by atoms with Gasteiger partial charge in [0.1, 0.15) is 0 Å². The lowest BCUT2D eigenvalue weighted by Crippen LogP contribution is -2.26. The zero-order chi connectivity index (χ0) is 11.0. The maximum absolute atomic E-state index is 11.2. The molecule has 0 bridgehead atoms. The van der Waals surface area contributed by atoms with Crippen LogP contribution in [-0.4, -0.2) is 25.2 Å². The van der Waals surface area contributed by atoms with Crippen LogP contribution in [0.15, 0.2) is 12.3 Å². The Kier molecular flexibility index (Phi) is 6.19. The zero-order valence-electron chi connectivity index (χ0n) is 8.36. The van der Waals surface area contributed by atoms with E-state index in [9.17, 15) is 9.59 Å². The van der Waals surface area contributed by atoms with Crippen LogP contribution in [0.25, 0.3) is 0 Å². The lowest BCUT2D eigenvalue weighted by molar-refractivity contribution is -0.158. The van der Waals surface area contributed by atoms with Crippen molar-refractivity contribution in [3.05, 3.63) is 12.3 Å². The quantitative estimate of drug-likeness (QED) is 0.508. The molecule has 80 valence electrons. The molecule has 0 fully saturated rings. The Morgan fingerprint density at radius 3 is 1.93 bits per heavy atom. The van der Waals surface area contributed by atoms with Crippen LogP contribution in [0, 0.1) is 5.92 Å². The van der Waals surface area contributed by atoms with Gasteiger partial charge in [0.2, 0.25) is 0 Å². The van der Waals surface area contributed by atoms with Gasteiger partial charge >= 0.3 is 11.9 Å². The molecule has 2 N–H and O–H groups in total. The minimum Gasteiger partial charge on any atom is -0.465 e. The van der Waals surface area contributed by atoms with Crippen molar-refractivity contribution in [3.8, 4) is 0 Å². The molecule has 0 aromatic carbocycles. The van der Waals surface area contributed by atoms with Gasteiger partial charge in [-0.2, -0.15) is 0 Å². The lowest BCUT2D eigenvalue weighted by Gasteiger charge is -2.09. The first kappa shape index (κ1) is 12.5. The monoisotopic (exact) mass is 201 g/mol. The Morgan fingerprint density at radius 2 is 1.64 bits per heavy atom. The van der Waals surface area contributed by atoms with Gasteiger partial charge in [0.05, 0.1) is 13.2 Å². The number of esters is 2. The Morgan fingerprint density at radius 1 is 1.21 bits per heavy atom. The van der Waals surface area contributed by atoms with Crippen LogP contribution < -0.4 is 5.73 Å². The van der Waals surface area contributed by atoms with Crippen LogP contribution in [0.1, 0.15) is 13.8 Å². The van der Waals surface area contributed by atoms with Crippen molar-refractivity contribution in [3.63, 3.8) is 0 Å². The predicted molar refractivity (Wildman–Crippen MR) is 50.1 cm³/mol. The van der Waals surface area contributed by atoms with E-state index in [-0.39, 0.29) is 13.2 Å². The molecular formula is C9H15NO4. The van der Waals surface area contributed by atoms with Crippen molar-refractivity contribution in [2.24, 2.45) is 11.7 Å². The zero-order valence-corrected chi connectivity index (χ0v) is 8.36. The SMILES string of the molecule is CCOC(=O)C(C=CN)C(=O)OCC. The van der Waals surface area contributed by atoms with Gasteiger partial charge in [-0.1, -0.05) is 0 Å². The Hall–Kier alpha value is -1.52. The molecule has 0 aromatic rings. The number of hydrogen-bond donors (Lipinski definition) is 1. The molecular weight excluding hydrogens is 186 g/mol. The molecule has 14 heavy (non-hydrogen) atoms. The number of hydrogen-bond acceptors (Lipinski definition) is 5. The van der Waals surface area contributed by atoms with Crippen molar-refractivity contribution in [2.45, 2.75) is 13.8 Å². The number of ether oxygens (including phenoxy) is 2. The molecule has 0 spiro atoms. The fourth-order valence-corrected chi connectivity index (χ4v) is 0.829. The summed E-state index contributed by atoms with van der Waals surface area (Å²) >= 11 is 0. The highest BCUT2D eigenvalue weighted by atomic mass is 16.6. The molecule has 0 aromatic heterocycles. The lowest BCUT2D eigenvalue weighted by atomic mass is 10.1. The third-order valence-corrected chi connectivity index (χ3v) is 1.38. The summed E-state index contributed by atoms with van der Waals surface area (Å²) in [7, 11) is 0. The Balaban J connectivity index is 4.42. The summed E-state index contributed by atoms with van der Waals surface area (Å²) in [4.78, 5) is 22.4. The molecule has 0 amide bonds. The third kappa shape index (κ3) is 3.93. The van der Waals surface area contributed by atoms with Crippen molar-refractivity contribution >= 4 is 11.9 Å². The molecule has 0 atom stereocenters. The third-order valence-electron chi connectivity index (χ3n) is 1.38. The summed E-state index contributed by atoms with van der Waals surface area (Å²) in [5, 5.41) is 0. The second-order valence-electron chi connectivity index (χ2n) is 2.37. The van der Waals surface area contributed by atoms with Crippen LogP contribution in [-0.2, 0) is 19.1 Å². The molecule has 0 saturated heterocycles. The van der Waals surface area contributed by atoms with E-state index in [4.69, 9.17) is 5.73 Å². The molecule has 0 radical (unpaired) electrons. The first-order valence-electron chi connectivity index (χ1n) is 4.39. The summed E-state index contributed by atoms with van der Waals surface area (Å²) in [5.41, 5.74) is 5.10. The van der Waals surface area contributed by atoms with Gasteiger partial charge in [0.25, 0.3) is 0 Å². The molecule has 0 aliphatic rings. The predicted octanol–water partition coefficient (Wildman–Crippen LogP) is 0.201. The highest BCUT2D eigenvalue weighted by Gasteiger charge is 2.26. The maximum Gasteiger partial charge on any atom is 0.324 e. The van der Waals surface area contributed by atoms with Crippen molar-refractivity contribution < 1.29 is 19.1 Å². The molecule has 0 rings (SSSR count). The van der Waals surface area contributed by atoms with E-state index in [0.717, 1.165) is 6.20 Å². The van der Waals surface area contributed by atoms with E-state index in [2.05, 4.69) is 9.47 Å². The largest absolute Gasteiger partial charge is 0.465 e. The maximum atomic E-state index is 11.2. The Labute approximate surface area is 82.9 Å². The van der Waals surface area contributed by atoms with Crippen molar-refractivity contribution in [2.75, 3.05) is 13.2 Å². The summed E-state index contributed by atoms with van der Waals surface area (Å²) in [5.74, 6) is -2.35. The van der Waals surface area contributed by atoms with Crippen LogP contribution in [0.5, 0.6) is 0 Å². The molecule has 5 heteroatoms. The highest BCUT2D eigenvalue weighted by Crippen LogP contribution is 2.04. The van der Waals surface area contributed by atoms with Crippen LogP contribution in [0.4, 0.5) is 0 Å². The Bertz CT molecular complexity index is 207. The van der Waals surface area contributed by atoms with Crippen LogP contribution in [0.2, 0.25) is 0 Å². The molecule has 0 aliphatic heterocycles. The van der Waals surface area contributed by atoms with Crippen LogP contribution in [0.3, 0.4) is 0 Å². The summed E-state index contributed by atoms with van der Waals surface area (Å²) in [6.07, 6.45) is 2.37. The standard InChI is InChI=1S/C9H15NO4/c1-3-13-8(11)7(5-6-10)9(12)14-4-2/h5-7H,3-4,10H2,1-2H3. The molecule has 0 heterocycles. The average molecular weight is 201 g/mol. The molecule has 0 aliphatic carbocycles.